The quantitative estimate of drug-likeness (QED) is 0.355. The minimum absolute atomic E-state index is 1.01. The lowest BCUT2D eigenvalue weighted by Gasteiger charge is -2.30. The average Bonchev–Trinajstić information content (AvgIpc) is 3.02. The number of nitrogens with zero attached hydrogens (tertiary/aromatic N) is 1. The summed E-state index contributed by atoms with van der Waals surface area (Å²) < 4.78 is 5.51. The fourth-order valence-electron chi connectivity index (χ4n) is 5.14. The summed E-state index contributed by atoms with van der Waals surface area (Å²) in [4.78, 5) is 2.63. The highest BCUT2D eigenvalue weighted by Crippen LogP contribution is 2.38. The zero-order chi connectivity index (χ0) is 21.8. The Bertz CT molecular complexity index is 1100. The first-order valence-corrected chi connectivity index (χ1v) is 11.8. The van der Waals surface area contributed by atoms with E-state index in [0.717, 1.165) is 44.6 Å². The third-order valence-electron chi connectivity index (χ3n) is 6.83. The summed E-state index contributed by atoms with van der Waals surface area (Å²) in [5, 5.41) is 0. The standard InChI is InChI=1S/C30H31NO/c1-32-29-15-7-4-11-25(29)12-8-20-31-21-18-26(19-22-31)30-27-13-5-2-9-23(27)16-17-24-10-3-6-14-28(24)30/h2-7,9-11,13-17H,8,12,18-22H2,1H3. The Morgan fingerprint density at radius 2 is 1.34 bits per heavy atom. The molecule has 0 atom stereocenters. The van der Waals surface area contributed by atoms with Crippen molar-refractivity contribution < 1.29 is 4.74 Å². The molecule has 0 aromatic heterocycles. The first-order chi connectivity index (χ1) is 15.8. The summed E-state index contributed by atoms with van der Waals surface area (Å²) in [5.41, 5.74) is 9.80. The van der Waals surface area contributed by atoms with Crippen molar-refractivity contribution in [2.24, 2.45) is 0 Å². The van der Waals surface area contributed by atoms with E-state index in [9.17, 15) is 0 Å². The Morgan fingerprint density at radius 1 is 0.750 bits per heavy atom. The molecule has 2 heteroatoms. The summed E-state index contributed by atoms with van der Waals surface area (Å²) in [5.74, 6) is 1.01. The molecule has 1 fully saturated rings. The Balaban J connectivity index is 1.31. The number of methoxy groups -OCH3 is 1. The topological polar surface area (TPSA) is 12.5 Å². The number of fused-ring (bicyclic) bond motifs is 2. The largest absolute Gasteiger partial charge is 0.496 e. The van der Waals surface area contributed by atoms with E-state index in [1.54, 1.807) is 12.7 Å². The number of ether oxygens (including phenoxy) is 1. The molecule has 0 unspecified atom stereocenters. The maximum Gasteiger partial charge on any atom is 0.122 e. The van der Waals surface area contributed by atoms with Crippen LogP contribution in [0.3, 0.4) is 0 Å². The summed E-state index contributed by atoms with van der Waals surface area (Å²) in [6.45, 7) is 3.43. The summed E-state index contributed by atoms with van der Waals surface area (Å²) in [6.07, 6.45) is 9.07. The third kappa shape index (κ3) is 4.28. The van der Waals surface area contributed by atoms with Crippen LogP contribution in [0.2, 0.25) is 0 Å². The van der Waals surface area contributed by atoms with Crippen molar-refractivity contribution in [1.82, 2.24) is 4.90 Å². The van der Waals surface area contributed by atoms with Crippen LogP contribution in [0.25, 0.3) is 17.7 Å². The van der Waals surface area contributed by atoms with Crippen molar-refractivity contribution in [2.75, 3.05) is 26.7 Å². The lowest BCUT2D eigenvalue weighted by molar-refractivity contribution is 0.253. The van der Waals surface area contributed by atoms with Gasteiger partial charge in [0, 0.05) is 13.1 Å². The fourth-order valence-corrected chi connectivity index (χ4v) is 5.14. The molecule has 3 aromatic carbocycles. The Kier molecular flexibility index (Phi) is 6.22. The number of rotatable bonds is 5. The Labute approximate surface area is 191 Å². The first-order valence-electron chi connectivity index (χ1n) is 11.8. The smallest absolute Gasteiger partial charge is 0.122 e. The maximum atomic E-state index is 5.51. The molecule has 1 heterocycles. The molecule has 0 saturated carbocycles. The van der Waals surface area contributed by atoms with Gasteiger partial charge in [0.15, 0.2) is 0 Å². The van der Waals surface area contributed by atoms with Crippen molar-refractivity contribution >= 4 is 17.7 Å². The number of piperidine rings is 1. The van der Waals surface area contributed by atoms with E-state index in [1.165, 1.54) is 39.8 Å². The van der Waals surface area contributed by atoms with E-state index >= 15 is 0 Å². The zero-order valence-corrected chi connectivity index (χ0v) is 18.9. The highest BCUT2D eigenvalue weighted by atomic mass is 16.5. The molecule has 2 aliphatic rings. The van der Waals surface area contributed by atoms with Gasteiger partial charge in [-0.2, -0.15) is 0 Å². The number of benzene rings is 3. The molecule has 0 amide bonds. The molecule has 162 valence electrons. The van der Waals surface area contributed by atoms with Gasteiger partial charge in [0.2, 0.25) is 0 Å². The van der Waals surface area contributed by atoms with E-state index in [-0.39, 0.29) is 0 Å². The minimum atomic E-state index is 1.01. The molecule has 0 spiro atoms. The highest BCUT2D eigenvalue weighted by molar-refractivity contribution is 5.94. The number of aryl methyl sites for hydroxylation is 1. The number of hydrogen-bond acceptors (Lipinski definition) is 2. The van der Waals surface area contributed by atoms with Gasteiger partial charge in [0.05, 0.1) is 7.11 Å². The van der Waals surface area contributed by atoms with Gasteiger partial charge in [0.1, 0.15) is 5.75 Å². The SMILES string of the molecule is COc1ccccc1CCCN1CCC(=C2c3ccccc3C=Cc3ccccc32)CC1. The van der Waals surface area contributed by atoms with Crippen molar-refractivity contribution in [1.29, 1.82) is 0 Å². The van der Waals surface area contributed by atoms with E-state index in [1.807, 2.05) is 6.07 Å². The number of para-hydroxylation sites is 1. The maximum absolute atomic E-state index is 5.51. The second kappa shape index (κ2) is 9.58. The first kappa shape index (κ1) is 20.8. The predicted octanol–water partition coefficient (Wildman–Crippen LogP) is 6.71. The van der Waals surface area contributed by atoms with Gasteiger partial charge < -0.3 is 9.64 Å². The molecule has 0 N–H and O–H groups in total. The van der Waals surface area contributed by atoms with E-state index in [0.29, 0.717) is 0 Å². The molecule has 1 saturated heterocycles. The van der Waals surface area contributed by atoms with Gasteiger partial charge in [0.25, 0.3) is 0 Å². The van der Waals surface area contributed by atoms with Gasteiger partial charge in [-0.3, -0.25) is 0 Å². The molecule has 2 nitrogen and oxygen atoms in total. The molecule has 1 aliphatic heterocycles. The van der Waals surface area contributed by atoms with Crippen molar-refractivity contribution in [3.05, 3.63) is 106 Å². The van der Waals surface area contributed by atoms with Gasteiger partial charge in [-0.1, -0.05) is 84.5 Å². The van der Waals surface area contributed by atoms with Crippen molar-refractivity contribution in [2.45, 2.75) is 25.7 Å². The zero-order valence-electron chi connectivity index (χ0n) is 18.9. The molecule has 5 rings (SSSR count). The van der Waals surface area contributed by atoms with Crippen LogP contribution in [0.1, 0.15) is 47.1 Å². The summed E-state index contributed by atoms with van der Waals surface area (Å²) in [7, 11) is 1.76. The van der Waals surface area contributed by atoms with Crippen molar-refractivity contribution in [3.8, 4) is 5.75 Å². The van der Waals surface area contributed by atoms with E-state index in [2.05, 4.69) is 83.8 Å². The highest BCUT2D eigenvalue weighted by Gasteiger charge is 2.22. The van der Waals surface area contributed by atoms with Crippen molar-refractivity contribution in [3.63, 3.8) is 0 Å². The van der Waals surface area contributed by atoms with E-state index < -0.39 is 0 Å². The summed E-state index contributed by atoms with van der Waals surface area (Å²) >= 11 is 0. The second-order valence-electron chi connectivity index (χ2n) is 8.74. The molecule has 0 radical (unpaired) electrons. The number of hydrogen-bond donors (Lipinski definition) is 0. The van der Waals surface area contributed by atoms with Crippen LogP contribution in [0, 0.1) is 0 Å². The average molecular weight is 422 g/mol. The van der Waals surface area contributed by atoms with Crippen LogP contribution in [-0.4, -0.2) is 31.6 Å². The molecule has 32 heavy (non-hydrogen) atoms. The monoisotopic (exact) mass is 421 g/mol. The van der Waals surface area contributed by atoms with Gasteiger partial charge in [-0.15, -0.1) is 0 Å². The van der Waals surface area contributed by atoms with Crippen LogP contribution in [-0.2, 0) is 6.42 Å². The minimum Gasteiger partial charge on any atom is -0.496 e. The van der Waals surface area contributed by atoms with Crippen LogP contribution < -0.4 is 4.74 Å². The van der Waals surface area contributed by atoms with Crippen LogP contribution in [0.5, 0.6) is 5.75 Å². The Hall–Kier alpha value is -3.10. The van der Waals surface area contributed by atoms with Crippen LogP contribution in [0.15, 0.2) is 78.4 Å². The van der Waals surface area contributed by atoms with Gasteiger partial charge in [-0.25, -0.2) is 0 Å². The normalized spacial score (nSPS) is 15.8. The van der Waals surface area contributed by atoms with Gasteiger partial charge in [-0.05, 0) is 71.7 Å². The predicted molar refractivity (Wildman–Crippen MR) is 135 cm³/mol. The Morgan fingerprint density at radius 3 is 2.00 bits per heavy atom. The second-order valence-corrected chi connectivity index (χ2v) is 8.74. The van der Waals surface area contributed by atoms with Crippen LogP contribution >= 0.6 is 0 Å². The molecule has 3 aromatic rings. The molecular weight excluding hydrogens is 390 g/mol. The fraction of sp³-hybridized carbons (Fsp3) is 0.267. The molecule has 1 aliphatic carbocycles. The number of likely N-dealkylation sites (tertiary alicyclic amines) is 1. The van der Waals surface area contributed by atoms with Gasteiger partial charge >= 0.3 is 0 Å². The third-order valence-corrected chi connectivity index (χ3v) is 6.83. The molecule has 0 bridgehead atoms. The lowest BCUT2D eigenvalue weighted by Crippen LogP contribution is -2.32. The summed E-state index contributed by atoms with van der Waals surface area (Å²) in [6, 6.07) is 26.1. The molecular formula is C30H31NO. The lowest BCUT2D eigenvalue weighted by atomic mass is 9.86. The van der Waals surface area contributed by atoms with E-state index in [4.69, 9.17) is 4.74 Å². The van der Waals surface area contributed by atoms with Crippen LogP contribution in [0.4, 0.5) is 0 Å².